The average Bonchev–Trinajstić information content (AvgIpc) is 2.49. The lowest BCUT2D eigenvalue weighted by atomic mass is 10.2. The normalized spacial score (nSPS) is 10.3. The van der Waals surface area contributed by atoms with Crippen molar-refractivity contribution in [1.82, 2.24) is 5.16 Å². The lowest BCUT2D eigenvalue weighted by Crippen LogP contribution is -1.86. The second-order valence-corrected chi connectivity index (χ2v) is 2.31. The molecule has 0 amide bonds. The molecule has 5 nitrogen and oxygen atoms in total. The van der Waals surface area contributed by atoms with Crippen molar-refractivity contribution in [2.45, 2.75) is 0 Å². The van der Waals surface area contributed by atoms with Gasteiger partial charge in [-0.1, -0.05) is 5.16 Å². The Balaban J connectivity index is 2.68. The van der Waals surface area contributed by atoms with Crippen LogP contribution in [0.15, 0.2) is 29.0 Å². The number of hydrogen-bond acceptors (Lipinski definition) is 4. The highest BCUT2D eigenvalue weighted by atomic mass is 16.6. The fourth-order valence-electron chi connectivity index (χ4n) is 0.973. The molecule has 2 rings (SSSR count). The van der Waals surface area contributed by atoms with Gasteiger partial charge in [-0.05, 0) is 6.07 Å². The molecule has 0 aliphatic rings. The molecule has 60 valence electrons. The molecule has 0 radical (unpaired) electrons. The summed E-state index contributed by atoms with van der Waals surface area (Å²) in [5.74, 6) is 0. The van der Waals surface area contributed by atoms with Gasteiger partial charge >= 0.3 is 0 Å². The van der Waals surface area contributed by atoms with Crippen LogP contribution in [0.25, 0.3) is 10.9 Å². The number of rotatable bonds is 1. The molecule has 1 heterocycles. The van der Waals surface area contributed by atoms with Crippen LogP contribution >= 0.6 is 0 Å². The van der Waals surface area contributed by atoms with Crippen LogP contribution in [0.4, 0.5) is 5.69 Å². The van der Waals surface area contributed by atoms with E-state index in [1.807, 2.05) is 0 Å². The van der Waals surface area contributed by atoms with Gasteiger partial charge in [0, 0.05) is 17.5 Å². The summed E-state index contributed by atoms with van der Waals surface area (Å²) in [6, 6.07) is 4.37. The van der Waals surface area contributed by atoms with Crippen molar-refractivity contribution in [1.29, 1.82) is 0 Å². The number of hydrogen-bond donors (Lipinski definition) is 0. The van der Waals surface area contributed by atoms with Crippen LogP contribution in [0.1, 0.15) is 0 Å². The molecule has 12 heavy (non-hydrogen) atoms. The van der Waals surface area contributed by atoms with E-state index in [9.17, 15) is 10.1 Å². The summed E-state index contributed by atoms with van der Waals surface area (Å²) in [6.07, 6.45) is 1.38. The number of nitro groups is 1. The van der Waals surface area contributed by atoms with Crippen LogP contribution in [0, 0.1) is 10.1 Å². The Hall–Kier alpha value is -1.91. The van der Waals surface area contributed by atoms with Crippen molar-refractivity contribution in [2.75, 3.05) is 0 Å². The van der Waals surface area contributed by atoms with Crippen molar-refractivity contribution in [3.05, 3.63) is 34.6 Å². The quantitative estimate of drug-likeness (QED) is 0.475. The maximum atomic E-state index is 10.3. The first-order valence-electron chi connectivity index (χ1n) is 3.26. The summed E-state index contributed by atoms with van der Waals surface area (Å²) in [4.78, 5) is 9.87. The van der Waals surface area contributed by atoms with E-state index >= 15 is 0 Å². The van der Waals surface area contributed by atoms with E-state index in [4.69, 9.17) is 0 Å². The van der Waals surface area contributed by atoms with Crippen LogP contribution in [-0.2, 0) is 0 Å². The van der Waals surface area contributed by atoms with Crippen molar-refractivity contribution < 1.29 is 9.45 Å². The van der Waals surface area contributed by atoms with Gasteiger partial charge in [-0.2, -0.15) is 0 Å². The van der Waals surface area contributed by atoms with E-state index in [1.54, 1.807) is 6.07 Å². The van der Waals surface area contributed by atoms with Crippen LogP contribution in [0.3, 0.4) is 0 Å². The van der Waals surface area contributed by atoms with Crippen LogP contribution < -0.4 is 0 Å². The van der Waals surface area contributed by atoms with E-state index in [1.165, 1.54) is 18.4 Å². The zero-order valence-electron chi connectivity index (χ0n) is 5.93. The molecule has 0 aliphatic heterocycles. The molecule has 0 unspecified atom stereocenters. The van der Waals surface area contributed by atoms with Gasteiger partial charge in [-0.15, -0.1) is 0 Å². The first kappa shape index (κ1) is 6.78. The molecule has 0 fully saturated rings. The molecule has 2 aromatic rings. The Morgan fingerprint density at radius 2 is 2.33 bits per heavy atom. The Bertz CT molecular complexity index is 435. The molecular formula is C7H4N2O3. The molecule has 0 saturated carbocycles. The minimum atomic E-state index is -0.452. The van der Waals surface area contributed by atoms with Gasteiger partial charge in [0.1, 0.15) is 11.8 Å². The summed E-state index contributed by atoms with van der Waals surface area (Å²) in [5.41, 5.74) is 0.673. The fourth-order valence-corrected chi connectivity index (χ4v) is 0.973. The maximum Gasteiger partial charge on any atom is 0.270 e. The van der Waals surface area contributed by atoms with Gasteiger partial charge in [-0.25, -0.2) is 0 Å². The number of benzene rings is 1. The van der Waals surface area contributed by atoms with Crippen LogP contribution in [0.5, 0.6) is 0 Å². The maximum absolute atomic E-state index is 10.3. The standard InChI is InChI=1S/C7H4N2O3/c10-9(11)6-1-2-7-5(3-6)4-12-8-7/h1-4H. The number of aromatic nitrogens is 1. The monoisotopic (exact) mass is 164 g/mol. The molecular weight excluding hydrogens is 160 g/mol. The first-order chi connectivity index (χ1) is 5.77. The summed E-state index contributed by atoms with van der Waals surface area (Å²) >= 11 is 0. The van der Waals surface area contributed by atoms with E-state index in [2.05, 4.69) is 9.68 Å². The number of fused-ring (bicyclic) bond motifs is 1. The van der Waals surface area contributed by atoms with E-state index < -0.39 is 4.92 Å². The largest absolute Gasteiger partial charge is 0.364 e. The highest BCUT2D eigenvalue weighted by Crippen LogP contribution is 2.18. The summed E-state index contributed by atoms with van der Waals surface area (Å²) < 4.78 is 4.63. The highest BCUT2D eigenvalue weighted by molar-refractivity contribution is 5.79. The van der Waals surface area contributed by atoms with Gasteiger partial charge in [0.25, 0.3) is 5.69 Å². The van der Waals surface area contributed by atoms with E-state index in [0.717, 1.165) is 0 Å². The summed E-state index contributed by atoms with van der Waals surface area (Å²) in [6.45, 7) is 0. The predicted octanol–water partition coefficient (Wildman–Crippen LogP) is 1.74. The van der Waals surface area contributed by atoms with Gasteiger partial charge in [-0.3, -0.25) is 10.1 Å². The predicted molar refractivity (Wildman–Crippen MR) is 40.7 cm³/mol. The van der Waals surface area contributed by atoms with Crippen molar-refractivity contribution in [3.8, 4) is 0 Å². The van der Waals surface area contributed by atoms with Crippen LogP contribution in [-0.4, -0.2) is 10.1 Å². The molecule has 1 aromatic heterocycles. The topological polar surface area (TPSA) is 69.2 Å². The summed E-state index contributed by atoms with van der Waals surface area (Å²) in [5, 5.41) is 14.6. The van der Waals surface area contributed by atoms with Crippen molar-refractivity contribution in [2.24, 2.45) is 0 Å². The molecule has 5 heteroatoms. The lowest BCUT2D eigenvalue weighted by Gasteiger charge is -1.88. The lowest BCUT2D eigenvalue weighted by molar-refractivity contribution is -0.384. The Morgan fingerprint density at radius 3 is 3.08 bits per heavy atom. The zero-order valence-corrected chi connectivity index (χ0v) is 5.93. The second-order valence-electron chi connectivity index (χ2n) is 2.31. The van der Waals surface area contributed by atoms with Gasteiger partial charge in [0.15, 0.2) is 0 Å². The third kappa shape index (κ3) is 0.914. The van der Waals surface area contributed by atoms with Crippen molar-refractivity contribution in [3.63, 3.8) is 0 Å². The Kier molecular flexibility index (Phi) is 1.30. The van der Waals surface area contributed by atoms with Crippen LogP contribution in [0.2, 0.25) is 0 Å². The van der Waals surface area contributed by atoms with E-state index in [-0.39, 0.29) is 5.69 Å². The first-order valence-corrected chi connectivity index (χ1v) is 3.26. The minimum Gasteiger partial charge on any atom is -0.364 e. The second kappa shape index (κ2) is 2.30. The molecule has 0 atom stereocenters. The van der Waals surface area contributed by atoms with Gasteiger partial charge in [0.2, 0.25) is 0 Å². The van der Waals surface area contributed by atoms with Gasteiger partial charge in [0.05, 0.1) is 4.92 Å². The summed E-state index contributed by atoms with van der Waals surface area (Å²) in [7, 11) is 0. The van der Waals surface area contributed by atoms with Gasteiger partial charge < -0.3 is 4.52 Å². The minimum absolute atomic E-state index is 0.0469. The number of non-ortho nitro benzene ring substituents is 1. The molecule has 1 aromatic carbocycles. The third-order valence-electron chi connectivity index (χ3n) is 1.55. The SMILES string of the molecule is O=[N+]([O-])c1ccc2nocc2c1. The number of nitro benzene ring substituents is 1. The average molecular weight is 164 g/mol. The third-order valence-corrected chi connectivity index (χ3v) is 1.55. The fraction of sp³-hybridized carbons (Fsp3) is 0. The molecule has 0 bridgehead atoms. The van der Waals surface area contributed by atoms with Crippen molar-refractivity contribution >= 4 is 16.6 Å². The molecule has 0 aliphatic carbocycles. The molecule has 0 N–H and O–H groups in total. The van der Waals surface area contributed by atoms with E-state index in [0.29, 0.717) is 10.9 Å². The number of nitrogens with zero attached hydrogens (tertiary/aromatic N) is 2. The zero-order chi connectivity index (χ0) is 8.55. The Morgan fingerprint density at radius 1 is 1.50 bits per heavy atom. The highest BCUT2D eigenvalue weighted by Gasteiger charge is 2.06. The molecule has 0 spiro atoms. The molecule has 0 saturated heterocycles. The Labute approximate surface area is 66.7 Å². The smallest absolute Gasteiger partial charge is 0.270 e.